The molecule has 1 fully saturated rings. The maximum atomic E-state index is 12.3. The van der Waals surface area contributed by atoms with Gasteiger partial charge < -0.3 is 15.8 Å². The van der Waals surface area contributed by atoms with Crippen LogP contribution in [0.1, 0.15) is 18.9 Å². The van der Waals surface area contributed by atoms with Crippen molar-refractivity contribution in [1.29, 1.82) is 0 Å². The average molecular weight is 307 g/mol. The molecule has 3 N–H and O–H groups in total. The van der Waals surface area contributed by atoms with Crippen molar-refractivity contribution in [2.24, 2.45) is 5.73 Å². The second-order valence-corrected chi connectivity index (χ2v) is 5.69. The third-order valence-electron chi connectivity index (χ3n) is 3.87. The fourth-order valence-corrected chi connectivity index (χ4v) is 2.56. The summed E-state index contributed by atoms with van der Waals surface area (Å²) in [5, 5.41) is 2.91. The SMILES string of the molecule is COC1CCN(C(C)C(=O)Nc2ccc(C(N)=S)cc2)C1. The molecule has 1 aliphatic heterocycles. The van der Waals surface area contributed by atoms with Gasteiger partial charge in [-0.25, -0.2) is 0 Å². The molecule has 0 radical (unpaired) electrons. The summed E-state index contributed by atoms with van der Waals surface area (Å²) in [6.45, 7) is 3.59. The van der Waals surface area contributed by atoms with Crippen LogP contribution in [0.5, 0.6) is 0 Å². The highest BCUT2D eigenvalue weighted by Gasteiger charge is 2.29. The molecule has 6 heteroatoms. The Kier molecular flexibility index (Phi) is 5.27. The molecule has 1 saturated heterocycles. The van der Waals surface area contributed by atoms with E-state index in [9.17, 15) is 4.79 Å². The number of carbonyl (C=O) groups is 1. The number of benzene rings is 1. The van der Waals surface area contributed by atoms with Gasteiger partial charge in [0.05, 0.1) is 12.1 Å². The molecule has 21 heavy (non-hydrogen) atoms. The fourth-order valence-electron chi connectivity index (χ4n) is 2.43. The number of carbonyl (C=O) groups excluding carboxylic acids is 1. The summed E-state index contributed by atoms with van der Waals surface area (Å²) in [5.74, 6) is -0.0187. The highest BCUT2D eigenvalue weighted by atomic mass is 32.1. The van der Waals surface area contributed by atoms with Crippen molar-refractivity contribution in [2.45, 2.75) is 25.5 Å². The lowest BCUT2D eigenvalue weighted by Gasteiger charge is -2.23. The van der Waals surface area contributed by atoms with Gasteiger partial charge >= 0.3 is 0 Å². The number of likely N-dealkylation sites (tertiary alicyclic amines) is 1. The molecule has 2 unspecified atom stereocenters. The maximum absolute atomic E-state index is 12.3. The van der Waals surface area contributed by atoms with Crippen LogP contribution in [0.15, 0.2) is 24.3 Å². The van der Waals surface area contributed by atoms with Crippen LogP contribution in [-0.2, 0) is 9.53 Å². The molecule has 0 bridgehead atoms. The lowest BCUT2D eigenvalue weighted by Crippen LogP contribution is -2.41. The van der Waals surface area contributed by atoms with Gasteiger partial charge in [0.25, 0.3) is 0 Å². The van der Waals surface area contributed by atoms with E-state index < -0.39 is 0 Å². The molecule has 1 aliphatic rings. The first kappa shape index (κ1) is 15.9. The van der Waals surface area contributed by atoms with Crippen molar-refractivity contribution in [3.05, 3.63) is 29.8 Å². The van der Waals surface area contributed by atoms with E-state index in [0.717, 1.165) is 30.8 Å². The number of nitrogens with one attached hydrogen (secondary N) is 1. The lowest BCUT2D eigenvalue weighted by molar-refractivity contribution is -0.120. The second-order valence-electron chi connectivity index (χ2n) is 5.25. The molecule has 0 spiro atoms. The van der Waals surface area contributed by atoms with Gasteiger partial charge in [-0.1, -0.05) is 12.2 Å². The first-order valence-corrected chi connectivity index (χ1v) is 7.39. The molecule has 2 atom stereocenters. The van der Waals surface area contributed by atoms with Crippen LogP contribution in [0.3, 0.4) is 0 Å². The number of anilines is 1. The number of amides is 1. The van der Waals surface area contributed by atoms with Gasteiger partial charge in [0.1, 0.15) is 4.99 Å². The Morgan fingerprint density at radius 1 is 1.48 bits per heavy atom. The molecular formula is C15H21N3O2S. The number of thiocarbonyl (C=S) groups is 1. The zero-order valence-electron chi connectivity index (χ0n) is 12.3. The Balaban J connectivity index is 1.93. The highest BCUT2D eigenvalue weighted by molar-refractivity contribution is 7.80. The van der Waals surface area contributed by atoms with Gasteiger partial charge in [-0.3, -0.25) is 9.69 Å². The van der Waals surface area contributed by atoms with E-state index in [1.807, 2.05) is 6.92 Å². The number of hydrogen-bond donors (Lipinski definition) is 2. The summed E-state index contributed by atoms with van der Waals surface area (Å²) in [6, 6.07) is 7.04. The van der Waals surface area contributed by atoms with E-state index in [4.69, 9.17) is 22.7 Å². The zero-order chi connectivity index (χ0) is 15.4. The van der Waals surface area contributed by atoms with E-state index in [-0.39, 0.29) is 18.1 Å². The van der Waals surface area contributed by atoms with Crippen LogP contribution in [-0.4, -0.2) is 48.1 Å². The minimum absolute atomic E-state index is 0.0187. The van der Waals surface area contributed by atoms with Crippen molar-refractivity contribution in [3.63, 3.8) is 0 Å². The number of nitrogens with two attached hydrogens (primary N) is 1. The van der Waals surface area contributed by atoms with Crippen LogP contribution in [0.25, 0.3) is 0 Å². The predicted octanol–water partition coefficient (Wildman–Crippen LogP) is 1.37. The number of nitrogens with zero attached hydrogens (tertiary/aromatic N) is 1. The summed E-state index contributed by atoms with van der Waals surface area (Å²) < 4.78 is 5.33. The van der Waals surface area contributed by atoms with E-state index in [2.05, 4.69) is 10.2 Å². The molecule has 2 rings (SSSR count). The molecule has 0 aliphatic carbocycles. The van der Waals surface area contributed by atoms with Crippen LogP contribution >= 0.6 is 12.2 Å². The van der Waals surface area contributed by atoms with Crippen molar-refractivity contribution < 1.29 is 9.53 Å². The van der Waals surface area contributed by atoms with E-state index in [1.165, 1.54) is 0 Å². The molecular weight excluding hydrogens is 286 g/mol. The smallest absolute Gasteiger partial charge is 0.241 e. The van der Waals surface area contributed by atoms with Crippen LogP contribution in [0.4, 0.5) is 5.69 Å². The Bertz CT molecular complexity index is 518. The van der Waals surface area contributed by atoms with Crippen LogP contribution in [0, 0.1) is 0 Å². The maximum Gasteiger partial charge on any atom is 0.241 e. The van der Waals surface area contributed by atoms with E-state index >= 15 is 0 Å². The normalized spacial score (nSPS) is 20.2. The number of rotatable bonds is 5. The lowest BCUT2D eigenvalue weighted by atomic mass is 10.2. The van der Waals surface area contributed by atoms with Gasteiger partial charge in [-0.15, -0.1) is 0 Å². The Morgan fingerprint density at radius 2 is 2.14 bits per heavy atom. The predicted molar refractivity (Wildman–Crippen MR) is 87.4 cm³/mol. The Labute approximate surface area is 130 Å². The van der Waals surface area contributed by atoms with E-state index in [1.54, 1.807) is 31.4 Å². The average Bonchev–Trinajstić information content (AvgIpc) is 2.95. The van der Waals surface area contributed by atoms with Gasteiger partial charge in [0, 0.05) is 31.5 Å². The largest absolute Gasteiger partial charge is 0.389 e. The van der Waals surface area contributed by atoms with Crippen molar-refractivity contribution >= 4 is 28.8 Å². The molecule has 114 valence electrons. The first-order chi connectivity index (χ1) is 10.0. The molecule has 0 aromatic heterocycles. The molecule has 1 aromatic carbocycles. The minimum Gasteiger partial charge on any atom is -0.389 e. The first-order valence-electron chi connectivity index (χ1n) is 6.99. The molecule has 1 aromatic rings. The van der Waals surface area contributed by atoms with Gasteiger partial charge in [-0.05, 0) is 37.6 Å². The summed E-state index contributed by atoms with van der Waals surface area (Å²) in [4.78, 5) is 14.8. The summed E-state index contributed by atoms with van der Waals surface area (Å²) in [6.07, 6.45) is 1.20. The monoisotopic (exact) mass is 307 g/mol. The van der Waals surface area contributed by atoms with Crippen LogP contribution < -0.4 is 11.1 Å². The van der Waals surface area contributed by atoms with Crippen LogP contribution in [0.2, 0.25) is 0 Å². The van der Waals surface area contributed by atoms with Crippen molar-refractivity contribution in [2.75, 3.05) is 25.5 Å². The Morgan fingerprint density at radius 3 is 2.67 bits per heavy atom. The summed E-state index contributed by atoms with van der Waals surface area (Å²) in [7, 11) is 1.71. The quantitative estimate of drug-likeness (QED) is 0.804. The number of hydrogen-bond acceptors (Lipinski definition) is 4. The second kappa shape index (κ2) is 6.98. The minimum atomic E-state index is -0.180. The standard InChI is InChI=1S/C15H21N3O2S/c1-10(18-8-7-13(9-18)20-2)15(19)17-12-5-3-11(4-6-12)14(16)21/h3-6,10,13H,7-9H2,1-2H3,(H2,16,21)(H,17,19). The van der Waals surface area contributed by atoms with E-state index in [0.29, 0.717) is 4.99 Å². The molecule has 1 heterocycles. The number of methoxy groups -OCH3 is 1. The van der Waals surface area contributed by atoms with Crippen molar-refractivity contribution in [1.82, 2.24) is 4.90 Å². The van der Waals surface area contributed by atoms with Gasteiger partial charge in [-0.2, -0.15) is 0 Å². The molecule has 5 nitrogen and oxygen atoms in total. The third-order valence-corrected chi connectivity index (χ3v) is 4.11. The summed E-state index contributed by atoms with van der Waals surface area (Å²) in [5.41, 5.74) is 7.08. The third kappa shape index (κ3) is 4.00. The fraction of sp³-hybridized carbons (Fsp3) is 0.467. The van der Waals surface area contributed by atoms with Crippen molar-refractivity contribution in [3.8, 4) is 0 Å². The summed E-state index contributed by atoms with van der Waals surface area (Å²) >= 11 is 4.90. The van der Waals surface area contributed by atoms with Gasteiger partial charge in [0.2, 0.25) is 5.91 Å². The Hall–Kier alpha value is -1.50. The van der Waals surface area contributed by atoms with Gasteiger partial charge in [0.15, 0.2) is 0 Å². The highest BCUT2D eigenvalue weighted by Crippen LogP contribution is 2.16. The number of ether oxygens (including phenoxy) is 1. The zero-order valence-corrected chi connectivity index (χ0v) is 13.2. The topological polar surface area (TPSA) is 67.6 Å². The molecule has 0 saturated carbocycles. The molecule has 1 amide bonds.